The first-order valence-corrected chi connectivity index (χ1v) is 18.6. The summed E-state index contributed by atoms with van der Waals surface area (Å²) in [5.41, 5.74) is 10.2. The van der Waals surface area contributed by atoms with Crippen molar-refractivity contribution < 1.29 is 4.74 Å². The van der Waals surface area contributed by atoms with Gasteiger partial charge in [0.05, 0.1) is 12.2 Å². The fourth-order valence-corrected chi connectivity index (χ4v) is 6.56. The van der Waals surface area contributed by atoms with Gasteiger partial charge in [0.15, 0.2) is 0 Å². The lowest BCUT2D eigenvalue weighted by Gasteiger charge is -2.26. The Labute approximate surface area is 298 Å². The van der Waals surface area contributed by atoms with Gasteiger partial charge in [-0.2, -0.15) is 0 Å². The van der Waals surface area contributed by atoms with E-state index in [1.165, 1.54) is 84.7 Å². The van der Waals surface area contributed by atoms with E-state index in [2.05, 4.69) is 123 Å². The molecule has 0 heterocycles. The molecule has 0 saturated heterocycles. The summed E-state index contributed by atoms with van der Waals surface area (Å²) in [7, 11) is 0. The minimum atomic E-state index is 0.206. The second-order valence-corrected chi connectivity index (χ2v) is 13.5. The molecule has 0 aliphatic heterocycles. The van der Waals surface area contributed by atoms with Crippen molar-refractivity contribution in [3.05, 3.63) is 168 Å². The Morgan fingerprint density at radius 2 is 0.653 bits per heavy atom. The van der Waals surface area contributed by atoms with Gasteiger partial charge in [-0.3, -0.25) is 0 Å². The SMILES string of the molecule is C=Cc1ccc(CCCCCCC(Cc2ccc(C=C)cc2)OC(CCCCCCc2ccc(C=C)cc2)Cc2ccc(C=C)cc2)cc1. The van der Waals surface area contributed by atoms with Gasteiger partial charge in [-0.05, 0) is 95.9 Å². The van der Waals surface area contributed by atoms with Crippen molar-refractivity contribution in [1.82, 2.24) is 0 Å². The van der Waals surface area contributed by atoms with Crippen molar-refractivity contribution in [3.63, 3.8) is 0 Å². The lowest BCUT2D eigenvalue weighted by Crippen LogP contribution is -2.26. The lowest BCUT2D eigenvalue weighted by molar-refractivity contribution is -0.0217. The standard InChI is InChI=1S/C48H58O/c1-5-39-21-29-43(30-22-39)17-13-9-11-15-19-47(37-45-33-25-41(7-3)26-34-45)49-48(38-46-35-27-42(8-4)28-36-46)20-16-12-10-14-18-44-31-23-40(6-2)24-32-44/h5-8,21-36,47-48H,1-4,9-20,37-38H2. The van der Waals surface area contributed by atoms with Crippen LogP contribution in [0.2, 0.25) is 0 Å². The third kappa shape index (κ3) is 14.1. The highest BCUT2D eigenvalue weighted by atomic mass is 16.5. The van der Waals surface area contributed by atoms with Crippen LogP contribution in [0.25, 0.3) is 24.3 Å². The third-order valence-corrected chi connectivity index (χ3v) is 9.66. The van der Waals surface area contributed by atoms with Gasteiger partial charge in [-0.25, -0.2) is 0 Å². The maximum Gasteiger partial charge on any atom is 0.0619 e. The van der Waals surface area contributed by atoms with Crippen LogP contribution in [-0.2, 0) is 30.4 Å². The van der Waals surface area contributed by atoms with Crippen molar-refractivity contribution in [2.24, 2.45) is 0 Å². The van der Waals surface area contributed by atoms with Gasteiger partial charge in [0.1, 0.15) is 0 Å². The molecule has 0 bridgehead atoms. The summed E-state index contributed by atoms with van der Waals surface area (Å²) < 4.78 is 7.11. The first-order chi connectivity index (χ1) is 24.1. The van der Waals surface area contributed by atoms with E-state index < -0.39 is 0 Å². The highest BCUT2D eigenvalue weighted by molar-refractivity contribution is 5.49. The molecule has 49 heavy (non-hydrogen) atoms. The van der Waals surface area contributed by atoms with Gasteiger partial charge in [0.2, 0.25) is 0 Å². The van der Waals surface area contributed by atoms with E-state index in [0.29, 0.717) is 0 Å². The molecule has 0 spiro atoms. The summed E-state index contributed by atoms with van der Waals surface area (Å²) in [4.78, 5) is 0. The zero-order chi connectivity index (χ0) is 34.5. The molecule has 0 aliphatic carbocycles. The van der Waals surface area contributed by atoms with Crippen LogP contribution in [0.5, 0.6) is 0 Å². The fourth-order valence-electron chi connectivity index (χ4n) is 6.56. The van der Waals surface area contributed by atoms with E-state index in [-0.39, 0.29) is 12.2 Å². The molecular weight excluding hydrogens is 593 g/mol. The van der Waals surface area contributed by atoms with Gasteiger partial charge in [0, 0.05) is 0 Å². The summed E-state index contributed by atoms with van der Waals surface area (Å²) in [6.07, 6.45) is 24.2. The molecule has 1 heteroatoms. The Balaban J connectivity index is 1.33. The minimum absolute atomic E-state index is 0.206. The molecule has 0 aliphatic rings. The predicted octanol–water partition coefficient (Wildman–Crippen LogP) is 13.2. The number of benzene rings is 4. The van der Waals surface area contributed by atoms with E-state index in [0.717, 1.165) is 49.7 Å². The molecule has 2 unspecified atom stereocenters. The van der Waals surface area contributed by atoms with E-state index in [4.69, 9.17) is 4.74 Å². The van der Waals surface area contributed by atoms with E-state index in [1.807, 2.05) is 24.3 Å². The van der Waals surface area contributed by atoms with Crippen LogP contribution in [0.4, 0.5) is 0 Å². The molecule has 4 aromatic rings. The van der Waals surface area contributed by atoms with Gasteiger partial charge < -0.3 is 4.74 Å². The summed E-state index contributed by atoms with van der Waals surface area (Å²) in [6, 6.07) is 35.3. The Bertz CT molecular complexity index is 1400. The van der Waals surface area contributed by atoms with Crippen LogP contribution in [0.3, 0.4) is 0 Å². The van der Waals surface area contributed by atoms with Crippen molar-refractivity contribution in [3.8, 4) is 0 Å². The van der Waals surface area contributed by atoms with Crippen molar-refractivity contribution in [2.75, 3.05) is 0 Å². The summed E-state index contributed by atoms with van der Waals surface area (Å²) in [5, 5.41) is 0. The van der Waals surface area contributed by atoms with Crippen LogP contribution in [0, 0.1) is 0 Å². The summed E-state index contributed by atoms with van der Waals surface area (Å²) in [5.74, 6) is 0. The lowest BCUT2D eigenvalue weighted by atomic mass is 9.97. The maximum absolute atomic E-state index is 7.11. The van der Waals surface area contributed by atoms with Gasteiger partial charge in [0.25, 0.3) is 0 Å². The number of rotatable bonds is 24. The van der Waals surface area contributed by atoms with Crippen molar-refractivity contribution >= 4 is 24.3 Å². The van der Waals surface area contributed by atoms with Gasteiger partial charge in [-0.1, -0.05) is 186 Å². The average molecular weight is 651 g/mol. The summed E-state index contributed by atoms with van der Waals surface area (Å²) in [6.45, 7) is 15.6. The molecule has 0 amide bonds. The number of hydrogen-bond acceptors (Lipinski definition) is 1. The molecule has 1 nitrogen and oxygen atoms in total. The normalized spacial score (nSPS) is 12.2. The maximum atomic E-state index is 7.11. The number of ether oxygens (including phenoxy) is 1. The van der Waals surface area contributed by atoms with E-state index in [1.54, 1.807) is 0 Å². The van der Waals surface area contributed by atoms with Crippen LogP contribution >= 0.6 is 0 Å². The Morgan fingerprint density at radius 1 is 0.367 bits per heavy atom. The first kappa shape index (κ1) is 37.6. The monoisotopic (exact) mass is 650 g/mol. The Morgan fingerprint density at radius 3 is 0.959 bits per heavy atom. The molecule has 4 aromatic carbocycles. The highest BCUT2D eigenvalue weighted by Gasteiger charge is 2.18. The van der Waals surface area contributed by atoms with Gasteiger partial charge >= 0.3 is 0 Å². The fraction of sp³-hybridized carbons (Fsp3) is 0.333. The van der Waals surface area contributed by atoms with E-state index in [9.17, 15) is 0 Å². The first-order valence-electron chi connectivity index (χ1n) is 18.6. The zero-order valence-electron chi connectivity index (χ0n) is 29.8. The number of hydrogen-bond donors (Lipinski definition) is 0. The number of unbranched alkanes of at least 4 members (excludes halogenated alkanes) is 6. The Hall–Kier alpha value is -4.20. The minimum Gasteiger partial charge on any atom is -0.374 e. The largest absolute Gasteiger partial charge is 0.374 e. The molecule has 0 saturated carbocycles. The van der Waals surface area contributed by atoms with Crippen LogP contribution < -0.4 is 0 Å². The molecular formula is C48H58O. The van der Waals surface area contributed by atoms with E-state index >= 15 is 0 Å². The van der Waals surface area contributed by atoms with Crippen LogP contribution in [0.15, 0.2) is 123 Å². The molecule has 256 valence electrons. The van der Waals surface area contributed by atoms with Crippen molar-refractivity contribution in [2.45, 2.75) is 102 Å². The number of aryl methyl sites for hydroxylation is 2. The molecule has 2 atom stereocenters. The summed E-state index contributed by atoms with van der Waals surface area (Å²) >= 11 is 0. The topological polar surface area (TPSA) is 9.23 Å². The van der Waals surface area contributed by atoms with Crippen LogP contribution in [-0.4, -0.2) is 12.2 Å². The molecule has 0 fully saturated rings. The second kappa shape index (κ2) is 21.7. The van der Waals surface area contributed by atoms with Gasteiger partial charge in [-0.15, -0.1) is 0 Å². The average Bonchev–Trinajstić information content (AvgIpc) is 3.15. The quantitative estimate of drug-likeness (QED) is 0.0686. The third-order valence-electron chi connectivity index (χ3n) is 9.66. The van der Waals surface area contributed by atoms with Crippen LogP contribution in [0.1, 0.15) is 109 Å². The zero-order valence-corrected chi connectivity index (χ0v) is 29.8. The molecule has 4 rings (SSSR count). The van der Waals surface area contributed by atoms with Crippen molar-refractivity contribution in [1.29, 1.82) is 0 Å². The highest BCUT2D eigenvalue weighted by Crippen LogP contribution is 2.23. The predicted molar refractivity (Wildman–Crippen MR) is 216 cm³/mol. The molecule has 0 radical (unpaired) electrons. The molecule has 0 aromatic heterocycles. The molecule has 0 N–H and O–H groups in total. The smallest absolute Gasteiger partial charge is 0.0619 e. The Kier molecular flexibility index (Phi) is 16.7. The second-order valence-electron chi connectivity index (χ2n) is 13.5.